The summed E-state index contributed by atoms with van der Waals surface area (Å²) >= 11 is 0. The Labute approximate surface area is 141 Å². The predicted molar refractivity (Wildman–Crippen MR) is 91.0 cm³/mol. The van der Waals surface area contributed by atoms with Gasteiger partial charge in [-0.05, 0) is 26.0 Å². The van der Waals surface area contributed by atoms with E-state index in [9.17, 15) is 4.79 Å². The number of carbonyl (C=O) groups excluding carboxylic acids is 1. The van der Waals surface area contributed by atoms with E-state index in [1.165, 1.54) is 5.57 Å². The quantitative estimate of drug-likeness (QED) is 0.741. The summed E-state index contributed by atoms with van der Waals surface area (Å²) in [4.78, 5) is 16.3. The number of nitrogens with one attached hydrogen (secondary N) is 3. The minimum atomic E-state index is -0.0977. The molecular weight excluding hydrogens is 325 g/mol. The third-order valence-corrected chi connectivity index (χ3v) is 3.50. The molecule has 1 amide bonds. The van der Waals surface area contributed by atoms with E-state index in [4.69, 9.17) is 0 Å². The van der Waals surface area contributed by atoms with Gasteiger partial charge < -0.3 is 10.6 Å². The number of carbonyl (C=O) groups is 1. The maximum absolute atomic E-state index is 12.1. The number of hydrogen-bond donors (Lipinski definition) is 3. The average molecular weight is 344 g/mol. The van der Waals surface area contributed by atoms with Gasteiger partial charge in [0.1, 0.15) is 0 Å². The van der Waals surface area contributed by atoms with Crippen LogP contribution in [0.25, 0.3) is 11.0 Å². The van der Waals surface area contributed by atoms with Crippen molar-refractivity contribution in [3.63, 3.8) is 0 Å². The maximum Gasteiger partial charge on any atom is 0.253 e. The van der Waals surface area contributed by atoms with Gasteiger partial charge in [-0.25, -0.2) is 4.98 Å². The van der Waals surface area contributed by atoms with Gasteiger partial charge in [-0.3, -0.25) is 9.89 Å². The molecule has 22 heavy (non-hydrogen) atoms. The van der Waals surface area contributed by atoms with Crippen LogP contribution in [0.3, 0.4) is 0 Å². The summed E-state index contributed by atoms with van der Waals surface area (Å²) in [6.07, 6.45) is 4.68. The standard InChI is InChI=1S/C14H17N5O.2ClH/c1-9-12-6-11(8-16-13(12)19-18-9)14(20)17-7-10-2-4-15-5-3-10;;/h2,6,8,15H,3-5,7H2,1H3,(H,17,20)(H,16,18,19);2*1H. The zero-order valence-electron chi connectivity index (χ0n) is 12.2. The zero-order chi connectivity index (χ0) is 13.9. The van der Waals surface area contributed by atoms with Crippen molar-refractivity contribution >= 4 is 41.8 Å². The van der Waals surface area contributed by atoms with Crippen LogP contribution in [0, 0.1) is 6.92 Å². The lowest BCUT2D eigenvalue weighted by Crippen LogP contribution is -2.29. The molecule has 3 rings (SSSR count). The van der Waals surface area contributed by atoms with E-state index >= 15 is 0 Å². The molecule has 0 aromatic carbocycles. The summed E-state index contributed by atoms with van der Waals surface area (Å²) in [7, 11) is 0. The third kappa shape index (κ3) is 3.97. The van der Waals surface area contributed by atoms with Gasteiger partial charge in [0.05, 0.1) is 5.56 Å². The average Bonchev–Trinajstić information content (AvgIpc) is 2.87. The number of amides is 1. The molecule has 0 atom stereocenters. The van der Waals surface area contributed by atoms with Crippen molar-refractivity contribution in [1.82, 2.24) is 25.8 Å². The zero-order valence-corrected chi connectivity index (χ0v) is 13.8. The molecule has 0 fully saturated rings. The smallest absolute Gasteiger partial charge is 0.253 e. The topological polar surface area (TPSA) is 82.7 Å². The lowest BCUT2D eigenvalue weighted by Gasteiger charge is -2.14. The van der Waals surface area contributed by atoms with Crippen LogP contribution in [-0.4, -0.2) is 40.7 Å². The Bertz CT molecular complexity index is 683. The second-order valence-corrected chi connectivity index (χ2v) is 4.94. The first kappa shape index (κ1) is 18.4. The summed E-state index contributed by atoms with van der Waals surface area (Å²) in [6.45, 7) is 4.37. The number of hydrogen-bond acceptors (Lipinski definition) is 4. The van der Waals surface area contributed by atoms with Gasteiger partial charge in [0, 0.05) is 30.4 Å². The Morgan fingerprint density at radius 3 is 2.95 bits per heavy atom. The number of aromatic nitrogens is 3. The van der Waals surface area contributed by atoms with Crippen LogP contribution in [0.4, 0.5) is 0 Å². The maximum atomic E-state index is 12.1. The lowest BCUT2D eigenvalue weighted by molar-refractivity contribution is 0.0956. The lowest BCUT2D eigenvalue weighted by atomic mass is 10.1. The van der Waals surface area contributed by atoms with Gasteiger partial charge in [0.2, 0.25) is 0 Å². The predicted octanol–water partition coefficient (Wildman–Crippen LogP) is 1.76. The molecule has 3 N–H and O–H groups in total. The van der Waals surface area contributed by atoms with E-state index in [2.05, 4.69) is 31.9 Å². The number of aromatic amines is 1. The van der Waals surface area contributed by atoms with Crippen LogP contribution in [0.15, 0.2) is 23.9 Å². The molecule has 2 aromatic rings. The Kier molecular flexibility index (Phi) is 6.80. The molecule has 0 unspecified atom stereocenters. The van der Waals surface area contributed by atoms with Crippen LogP contribution in [0.1, 0.15) is 22.5 Å². The normalized spacial score (nSPS) is 13.8. The van der Waals surface area contributed by atoms with Crippen molar-refractivity contribution in [3.05, 3.63) is 35.2 Å². The van der Waals surface area contributed by atoms with E-state index in [1.54, 1.807) is 6.20 Å². The fourth-order valence-electron chi connectivity index (χ4n) is 2.27. The third-order valence-electron chi connectivity index (χ3n) is 3.50. The number of fused-ring (bicyclic) bond motifs is 1. The van der Waals surface area contributed by atoms with Crippen LogP contribution in [-0.2, 0) is 0 Å². The van der Waals surface area contributed by atoms with Crippen molar-refractivity contribution in [2.75, 3.05) is 19.6 Å². The molecule has 2 aromatic heterocycles. The van der Waals surface area contributed by atoms with Crippen LogP contribution < -0.4 is 10.6 Å². The Balaban J connectivity index is 0.00000121. The Morgan fingerprint density at radius 1 is 1.41 bits per heavy atom. The SMILES string of the molecule is Cc1[nH]nc2ncc(C(=O)NCC3=CCNCC3)cc12.Cl.Cl. The fourth-order valence-corrected chi connectivity index (χ4v) is 2.27. The van der Waals surface area contributed by atoms with Crippen molar-refractivity contribution in [2.45, 2.75) is 13.3 Å². The Morgan fingerprint density at radius 2 is 2.23 bits per heavy atom. The van der Waals surface area contributed by atoms with Gasteiger partial charge >= 0.3 is 0 Å². The molecule has 3 heterocycles. The first-order valence-corrected chi connectivity index (χ1v) is 6.71. The molecule has 0 bridgehead atoms. The fraction of sp³-hybridized carbons (Fsp3) is 0.357. The first-order chi connectivity index (χ1) is 9.74. The van der Waals surface area contributed by atoms with E-state index < -0.39 is 0 Å². The van der Waals surface area contributed by atoms with Crippen molar-refractivity contribution in [1.29, 1.82) is 0 Å². The van der Waals surface area contributed by atoms with E-state index in [0.717, 1.165) is 30.6 Å². The number of rotatable bonds is 3. The summed E-state index contributed by atoms with van der Waals surface area (Å²) in [5, 5.41) is 14.0. The summed E-state index contributed by atoms with van der Waals surface area (Å²) < 4.78 is 0. The van der Waals surface area contributed by atoms with Gasteiger partial charge in [-0.1, -0.05) is 11.6 Å². The van der Waals surface area contributed by atoms with Crippen LogP contribution in [0.2, 0.25) is 0 Å². The van der Waals surface area contributed by atoms with E-state index in [-0.39, 0.29) is 30.7 Å². The largest absolute Gasteiger partial charge is 0.348 e. The number of nitrogens with zero attached hydrogens (tertiary/aromatic N) is 2. The van der Waals surface area contributed by atoms with Gasteiger partial charge in [-0.15, -0.1) is 24.8 Å². The monoisotopic (exact) mass is 343 g/mol. The summed E-state index contributed by atoms with van der Waals surface area (Å²) in [5.41, 5.74) is 3.39. The van der Waals surface area contributed by atoms with Gasteiger partial charge in [0.25, 0.3) is 5.91 Å². The molecule has 6 nitrogen and oxygen atoms in total. The van der Waals surface area contributed by atoms with Crippen LogP contribution >= 0.6 is 24.8 Å². The minimum Gasteiger partial charge on any atom is -0.348 e. The highest BCUT2D eigenvalue weighted by Crippen LogP contribution is 2.14. The number of halogens is 2. The molecule has 120 valence electrons. The number of pyridine rings is 1. The summed E-state index contributed by atoms with van der Waals surface area (Å²) in [6, 6.07) is 1.83. The highest BCUT2D eigenvalue weighted by molar-refractivity contribution is 5.97. The number of H-pyrrole nitrogens is 1. The van der Waals surface area contributed by atoms with Crippen molar-refractivity contribution in [2.24, 2.45) is 0 Å². The van der Waals surface area contributed by atoms with Crippen LogP contribution in [0.5, 0.6) is 0 Å². The molecule has 0 radical (unpaired) electrons. The van der Waals surface area contributed by atoms with Gasteiger partial charge in [0.15, 0.2) is 5.65 Å². The molecule has 0 saturated carbocycles. The molecule has 0 spiro atoms. The second-order valence-electron chi connectivity index (χ2n) is 4.94. The van der Waals surface area contributed by atoms with E-state index in [0.29, 0.717) is 17.8 Å². The summed E-state index contributed by atoms with van der Waals surface area (Å²) in [5.74, 6) is -0.0977. The molecular formula is C14H19Cl2N5O. The van der Waals surface area contributed by atoms with Crippen molar-refractivity contribution in [3.8, 4) is 0 Å². The molecule has 1 aliphatic rings. The molecule has 8 heteroatoms. The molecule has 1 aliphatic heterocycles. The Hall–Kier alpha value is -1.63. The van der Waals surface area contributed by atoms with Gasteiger partial charge in [-0.2, -0.15) is 5.10 Å². The minimum absolute atomic E-state index is 0. The van der Waals surface area contributed by atoms with E-state index in [1.807, 2.05) is 13.0 Å². The first-order valence-electron chi connectivity index (χ1n) is 6.71. The highest BCUT2D eigenvalue weighted by atomic mass is 35.5. The second kappa shape index (κ2) is 8.12. The number of aryl methyl sites for hydroxylation is 1. The van der Waals surface area contributed by atoms with Crippen molar-refractivity contribution < 1.29 is 4.79 Å². The molecule has 0 saturated heterocycles. The molecule has 0 aliphatic carbocycles. The highest BCUT2D eigenvalue weighted by Gasteiger charge is 2.11.